The van der Waals surface area contributed by atoms with Gasteiger partial charge < -0.3 is 15.0 Å². The molecule has 0 bridgehead atoms. The number of imide groups is 1. The van der Waals surface area contributed by atoms with Gasteiger partial charge in [-0.3, -0.25) is 14.5 Å². The SMILES string of the molecule is CN(Cc1ccc(OC(F)F)cc1)C(=O)Nc1ccc(CN2C(=O)CSC2=O)cc1. The Morgan fingerprint density at radius 3 is 2.33 bits per heavy atom. The molecule has 4 amide bonds. The molecule has 1 fully saturated rings. The van der Waals surface area contributed by atoms with E-state index in [-0.39, 0.29) is 41.8 Å². The highest BCUT2D eigenvalue weighted by Gasteiger charge is 2.29. The first-order valence-electron chi connectivity index (χ1n) is 8.94. The van der Waals surface area contributed by atoms with Crippen LogP contribution in [-0.2, 0) is 17.9 Å². The molecule has 0 unspecified atom stereocenters. The van der Waals surface area contributed by atoms with E-state index >= 15 is 0 Å². The molecule has 1 saturated heterocycles. The zero-order valence-corrected chi connectivity index (χ0v) is 16.8. The van der Waals surface area contributed by atoms with Crippen LogP contribution in [0.15, 0.2) is 48.5 Å². The van der Waals surface area contributed by atoms with Gasteiger partial charge in [-0.2, -0.15) is 8.78 Å². The largest absolute Gasteiger partial charge is 0.435 e. The Hall–Kier alpha value is -3.14. The molecule has 0 aliphatic carbocycles. The van der Waals surface area contributed by atoms with Crippen molar-refractivity contribution in [1.82, 2.24) is 9.80 Å². The summed E-state index contributed by atoms with van der Waals surface area (Å²) in [6.07, 6.45) is 0. The van der Waals surface area contributed by atoms with E-state index in [0.717, 1.165) is 22.9 Å². The van der Waals surface area contributed by atoms with Gasteiger partial charge in [0.2, 0.25) is 5.91 Å². The van der Waals surface area contributed by atoms with Crippen LogP contribution in [0.25, 0.3) is 0 Å². The molecule has 1 aliphatic rings. The molecule has 0 spiro atoms. The lowest BCUT2D eigenvalue weighted by atomic mass is 10.2. The molecule has 1 heterocycles. The fraction of sp³-hybridized carbons (Fsp3) is 0.250. The van der Waals surface area contributed by atoms with Gasteiger partial charge in [0.25, 0.3) is 5.24 Å². The number of hydrogen-bond donors (Lipinski definition) is 1. The molecule has 7 nitrogen and oxygen atoms in total. The third kappa shape index (κ3) is 5.69. The van der Waals surface area contributed by atoms with Crippen molar-refractivity contribution in [3.63, 3.8) is 0 Å². The number of carbonyl (C=O) groups is 3. The van der Waals surface area contributed by atoms with Crippen molar-refractivity contribution in [1.29, 1.82) is 0 Å². The van der Waals surface area contributed by atoms with E-state index in [0.29, 0.717) is 5.69 Å². The summed E-state index contributed by atoms with van der Waals surface area (Å²) in [5.74, 6) is 0.0102. The lowest BCUT2D eigenvalue weighted by molar-refractivity contribution is -0.125. The number of anilines is 1. The second kappa shape index (κ2) is 9.57. The van der Waals surface area contributed by atoms with Crippen molar-refractivity contribution in [2.45, 2.75) is 19.7 Å². The molecule has 1 aliphatic heterocycles. The predicted molar refractivity (Wildman–Crippen MR) is 108 cm³/mol. The summed E-state index contributed by atoms with van der Waals surface area (Å²) in [6, 6.07) is 12.6. The standard InChI is InChI=1S/C20H19F2N3O4S/c1-24(10-13-4-8-16(9-5-13)29-18(21)22)19(27)23-15-6-2-14(3-7-15)11-25-17(26)12-30-20(25)28/h2-9,18H,10-12H2,1H3,(H,23,27). The topological polar surface area (TPSA) is 79.0 Å². The fourth-order valence-electron chi connectivity index (χ4n) is 2.75. The molecule has 0 aromatic heterocycles. The molecular formula is C20H19F2N3O4S. The van der Waals surface area contributed by atoms with Gasteiger partial charge in [0.05, 0.1) is 12.3 Å². The maximum atomic E-state index is 12.4. The first kappa shape index (κ1) is 21.6. The lowest BCUT2D eigenvalue weighted by Crippen LogP contribution is -2.30. The van der Waals surface area contributed by atoms with Crippen LogP contribution in [0.3, 0.4) is 0 Å². The number of carbonyl (C=O) groups excluding carboxylic acids is 3. The van der Waals surface area contributed by atoms with Crippen LogP contribution in [0.2, 0.25) is 0 Å². The average molecular weight is 435 g/mol. The molecule has 3 rings (SSSR count). The van der Waals surface area contributed by atoms with Crippen LogP contribution >= 0.6 is 11.8 Å². The van der Waals surface area contributed by atoms with Crippen molar-refractivity contribution < 1.29 is 27.9 Å². The monoisotopic (exact) mass is 435 g/mol. The average Bonchev–Trinajstić information content (AvgIpc) is 3.02. The second-order valence-corrected chi connectivity index (χ2v) is 7.47. The van der Waals surface area contributed by atoms with Crippen molar-refractivity contribution in [3.8, 4) is 5.75 Å². The van der Waals surface area contributed by atoms with Gasteiger partial charge in [-0.25, -0.2) is 4.79 Å². The van der Waals surface area contributed by atoms with Crippen LogP contribution in [0, 0.1) is 0 Å². The van der Waals surface area contributed by atoms with Gasteiger partial charge in [0.15, 0.2) is 0 Å². The maximum Gasteiger partial charge on any atom is 0.387 e. The molecule has 10 heteroatoms. The first-order chi connectivity index (χ1) is 14.3. The number of ether oxygens (including phenoxy) is 1. The third-order valence-corrected chi connectivity index (χ3v) is 5.16. The summed E-state index contributed by atoms with van der Waals surface area (Å²) in [6.45, 7) is -2.41. The molecule has 0 saturated carbocycles. The van der Waals surface area contributed by atoms with Gasteiger partial charge >= 0.3 is 12.6 Å². The molecule has 0 atom stereocenters. The number of nitrogens with one attached hydrogen (secondary N) is 1. The summed E-state index contributed by atoms with van der Waals surface area (Å²) in [5.41, 5.74) is 2.09. The number of halogens is 2. The van der Waals surface area contributed by atoms with Gasteiger partial charge in [-0.05, 0) is 35.4 Å². The number of urea groups is 1. The van der Waals surface area contributed by atoms with Crippen LogP contribution in [0.1, 0.15) is 11.1 Å². The minimum absolute atomic E-state index is 0.0527. The fourth-order valence-corrected chi connectivity index (χ4v) is 3.48. The Kier molecular flexibility index (Phi) is 6.88. The Morgan fingerprint density at radius 2 is 1.77 bits per heavy atom. The minimum Gasteiger partial charge on any atom is -0.435 e. The summed E-state index contributed by atoms with van der Waals surface area (Å²) in [5, 5.41) is 2.49. The van der Waals surface area contributed by atoms with Gasteiger partial charge in [-0.1, -0.05) is 36.0 Å². The van der Waals surface area contributed by atoms with Gasteiger partial charge in [0, 0.05) is 19.3 Å². The van der Waals surface area contributed by atoms with E-state index < -0.39 is 6.61 Å². The number of hydrogen-bond acceptors (Lipinski definition) is 5. The zero-order valence-electron chi connectivity index (χ0n) is 16.0. The third-order valence-electron chi connectivity index (χ3n) is 4.30. The highest BCUT2D eigenvalue weighted by molar-refractivity contribution is 8.14. The zero-order chi connectivity index (χ0) is 21.7. The highest BCUT2D eigenvalue weighted by atomic mass is 32.2. The number of alkyl halides is 2. The van der Waals surface area contributed by atoms with E-state index in [2.05, 4.69) is 10.1 Å². The molecule has 158 valence electrons. The van der Waals surface area contributed by atoms with Crippen molar-refractivity contribution in [2.75, 3.05) is 18.1 Å². The Labute approximate surface area is 176 Å². The maximum absolute atomic E-state index is 12.4. The van der Waals surface area contributed by atoms with E-state index in [1.807, 2.05) is 0 Å². The summed E-state index contributed by atoms with van der Waals surface area (Å²) >= 11 is 0.986. The van der Waals surface area contributed by atoms with E-state index in [1.54, 1.807) is 43.4 Å². The number of amides is 4. The number of rotatable bonds is 7. The highest BCUT2D eigenvalue weighted by Crippen LogP contribution is 2.22. The van der Waals surface area contributed by atoms with Crippen LogP contribution in [0.5, 0.6) is 5.75 Å². The van der Waals surface area contributed by atoms with Gasteiger partial charge in [0.1, 0.15) is 5.75 Å². The molecule has 0 radical (unpaired) electrons. The van der Waals surface area contributed by atoms with E-state index in [1.165, 1.54) is 21.9 Å². The Bertz CT molecular complexity index is 907. The molecule has 30 heavy (non-hydrogen) atoms. The molecule has 2 aromatic carbocycles. The van der Waals surface area contributed by atoms with Crippen LogP contribution < -0.4 is 10.1 Å². The first-order valence-corrected chi connectivity index (χ1v) is 9.92. The number of nitrogens with zero attached hydrogens (tertiary/aromatic N) is 2. The van der Waals surface area contributed by atoms with Crippen molar-refractivity contribution in [2.24, 2.45) is 0 Å². The molecule has 2 aromatic rings. The van der Waals surface area contributed by atoms with Crippen molar-refractivity contribution in [3.05, 3.63) is 59.7 Å². The quantitative estimate of drug-likeness (QED) is 0.707. The number of benzene rings is 2. The van der Waals surface area contributed by atoms with Crippen molar-refractivity contribution >= 4 is 34.6 Å². The summed E-state index contributed by atoms with van der Waals surface area (Å²) in [7, 11) is 1.61. The molecule has 1 N–H and O–H groups in total. The van der Waals surface area contributed by atoms with E-state index in [9.17, 15) is 23.2 Å². The Morgan fingerprint density at radius 1 is 1.13 bits per heavy atom. The molecular weight excluding hydrogens is 416 g/mol. The van der Waals surface area contributed by atoms with Crippen LogP contribution in [-0.4, -0.2) is 46.4 Å². The number of thioether (sulfide) groups is 1. The Balaban J connectivity index is 1.52. The van der Waals surface area contributed by atoms with E-state index in [4.69, 9.17) is 0 Å². The van der Waals surface area contributed by atoms with Crippen LogP contribution in [0.4, 0.5) is 24.1 Å². The summed E-state index contributed by atoms with van der Waals surface area (Å²) < 4.78 is 28.7. The van der Waals surface area contributed by atoms with Gasteiger partial charge in [-0.15, -0.1) is 0 Å². The smallest absolute Gasteiger partial charge is 0.387 e. The minimum atomic E-state index is -2.88. The predicted octanol–water partition coefficient (Wildman–Crippen LogP) is 4.15. The summed E-state index contributed by atoms with van der Waals surface area (Å²) in [4.78, 5) is 38.3. The lowest BCUT2D eigenvalue weighted by Gasteiger charge is -2.19. The normalized spacial score (nSPS) is 13.7. The second-order valence-electron chi connectivity index (χ2n) is 6.54.